The van der Waals surface area contributed by atoms with Crippen molar-refractivity contribution in [2.75, 3.05) is 0 Å². The minimum absolute atomic E-state index is 0.164. The van der Waals surface area contributed by atoms with Crippen LogP contribution in [0.5, 0.6) is 0 Å². The standard InChI is InChI=1S/C14H14ClFN2S/c1-14(2,3)13-17-11(15)8-12(18-13)19-10-6-4-9(16)5-7-10/h4-8H,1-3H3. The van der Waals surface area contributed by atoms with E-state index in [0.29, 0.717) is 11.0 Å². The Morgan fingerprint density at radius 1 is 1.11 bits per heavy atom. The molecule has 0 spiro atoms. The first-order chi connectivity index (χ1) is 8.84. The van der Waals surface area contributed by atoms with Gasteiger partial charge in [0.25, 0.3) is 0 Å². The van der Waals surface area contributed by atoms with E-state index in [1.165, 1.54) is 23.9 Å². The van der Waals surface area contributed by atoms with Gasteiger partial charge in [0.15, 0.2) is 0 Å². The number of rotatable bonds is 2. The van der Waals surface area contributed by atoms with E-state index in [4.69, 9.17) is 11.6 Å². The molecule has 0 saturated carbocycles. The molecule has 2 rings (SSSR count). The SMILES string of the molecule is CC(C)(C)c1nc(Cl)cc(Sc2ccc(F)cc2)n1. The molecule has 0 unspecified atom stereocenters. The van der Waals surface area contributed by atoms with Crippen molar-refractivity contribution < 1.29 is 4.39 Å². The normalized spacial score (nSPS) is 11.6. The number of aromatic nitrogens is 2. The van der Waals surface area contributed by atoms with Crippen LogP contribution in [0.1, 0.15) is 26.6 Å². The van der Waals surface area contributed by atoms with Gasteiger partial charge in [0.1, 0.15) is 21.8 Å². The fraction of sp³-hybridized carbons (Fsp3) is 0.286. The van der Waals surface area contributed by atoms with E-state index in [1.54, 1.807) is 18.2 Å². The molecule has 0 N–H and O–H groups in total. The van der Waals surface area contributed by atoms with Crippen molar-refractivity contribution in [1.82, 2.24) is 9.97 Å². The zero-order chi connectivity index (χ0) is 14.0. The van der Waals surface area contributed by atoms with Crippen molar-refractivity contribution >= 4 is 23.4 Å². The van der Waals surface area contributed by atoms with Crippen molar-refractivity contribution in [3.05, 3.63) is 47.1 Å². The zero-order valence-corrected chi connectivity index (χ0v) is 12.5. The Kier molecular flexibility index (Phi) is 4.11. The highest BCUT2D eigenvalue weighted by molar-refractivity contribution is 7.99. The van der Waals surface area contributed by atoms with Gasteiger partial charge in [-0.2, -0.15) is 0 Å². The van der Waals surface area contributed by atoms with E-state index in [-0.39, 0.29) is 11.2 Å². The maximum atomic E-state index is 12.9. The molecular formula is C14H14ClFN2S. The largest absolute Gasteiger partial charge is 0.226 e. The molecule has 0 atom stereocenters. The summed E-state index contributed by atoms with van der Waals surface area (Å²) in [5.41, 5.74) is -0.164. The summed E-state index contributed by atoms with van der Waals surface area (Å²) in [4.78, 5) is 9.65. The summed E-state index contributed by atoms with van der Waals surface area (Å²) >= 11 is 7.46. The Morgan fingerprint density at radius 2 is 1.74 bits per heavy atom. The summed E-state index contributed by atoms with van der Waals surface area (Å²) in [6.45, 7) is 6.10. The van der Waals surface area contributed by atoms with E-state index in [2.05, 4.69) is 9.97 Å². The third-order valence-corrected chi connectivity index (χ3v) is 3.50. The van der Waals surface area contributed by atoms with Gasteiger partial charge < -0.3 is 0 Å². The number of halogens is 2. The van der Waals surface area contributed by atoms with Crippen molar-refractivity contribution in [2.45, 2.75) is 36.1 Å². The van der Waals surface area contributed by atoms with Crippen LogP contribution in [0.2, 0.25) is 5.15 Å². The van der Waals surface area contributed by atoms with Gasteiger partial charge in [-0.15, -0.1) is 0 Å². The monoisotopic (exact) mass is 296 g/mol. The van der Waals surface area contributed by atoms with Gasteiger partial charge in [-0.05, 0) is 24.3 Å². The Labute approximate surface area is 121 Å². The molecule has 5 heteroatoms. The van der Waals surface area contributed by atoms with E-state index in [9.17, 15) is 4.39 Å². The minimum Gasteiger partial charge on any atom is -0.226 e. The first-order valence-corrected chi connectivity index (χ1v) is 7.02. The molecular weight excluding hydrogens is 283 g/mol. The highest BCUT2D eigenvalue weighted by Crippen LogP contribution is 2.29. The first-order valence-electron chi connectivity index (χ1n) is 5.83. The topological polar surface area (TPSA) is 25.8 Å². The van der Waals surface area contributed by atoms with Gasteiger partial charge in [0, 0.05) is 16.4 Å². The van der Waals surface area contributed by atoms with Crippen molar-refractivity contribution in [3.63, 3.8) is 0 Å². The van der Waals surface area contributed by atoms with Crippen LogP contribution in [0.3, 0.4) is 0 Å². The average molecular weight is 297 g/mol. The van der Waals surface area contributed by atoms with Crippen molar-refractivity contribution in [3.8, 4) is 0 Å². The molecule has 0 aliphatic carbocycles. The quantitative estimate of drug-likeness (QED) is 0.750. The van der Waals surface area contributed by atoms with Gasteiger partial charge in [0.05, 0.1) is 0 Å². The Morgan fingerprint density at radius 3 is 2.32 bits per heavy atom. The summed E-state index contributed by atoms with van der Waals surface area (Å²) in [6, 6.07) is 8.00. The van der Waals surface area contributed by atoms with Crippen molar-refractivity contribution in [2.24, 2.45) is 0 Å². The molecule has 0 fully saturated rings. The molecule has 19 heavy (non-hydrogen) atoms. The predicted octanol–water partition coefficient (Wildman–Crippen LogP) is 4.72. The highest BCUT2D eigenvalue weighted by Gasteiger charge is 2.19. The van der Waals surface area contributed by atoms with Crippen LogP contribution in [0.15, 0.2) is 40.3 Å². The molecule has 100 valence electrons. The van der Waals surface area contributed by atoms with Gasteiger partial charge in [-0.3, -0.25) is 0 Å². The summed E-state index contributed by atoms with van der Waals surface area (Å²) < 4.78 is 12.9. The van der Waals surface area contributed by atoms with Crippen LogP contribution in [-0.2, 0) is 5.41 Å². The maximum Gasteiger partial charge on any atom is 0.136 e. The van der Waals surface area contributed by atoms with Gasteiger partial charge in [-0.25, -0.2) is 14.4 Å². The van der Waals surface area contributed by atoms with Crippen LogP contribution in [0.25, 0.3) is 0 Å². The van der Waals surface area contributed by atoms with Crippen molar-refractivity contribution in [1.29, 1.82) is 0 Å². The van der Waals surface area contributed by atoms with Crippen LogP contribution < -0.4 is 0 Å². The molecule has 0 aliphatic heterocycles. The van der Waals surface area contributed by atoms with E-state index < -0.39 is 0 Å². The van der Waals surface area contributed by atoms with Gasteiger partial charge in [-0.1, -0.05) is 44.1 Å². The third kappa shape index (κ3) is 3.91. The van der Waals surface area contributed by atoms with Gasteiger partial charge >= 0.3 is 0 Å². The van der Waals surface area contributed by atoms with Crippen LogP contribution in [-0.4, -0.2) is 9.97 Å². The lowest BCUT2D eigenvalue weighted by Crippen LogP contribution is -2.16. The molecule has 1 heterocycles. The maximum absolute atomic E-state index is 12.9. The van der Waals surface area contributed by atoms with E-state index >= 15 is 0 Å². The lowest BCUT2D eigenvalue weighted by atomic mass is 9.96. The first kappa shape index (κ1) is 14.3. The molecule has 1 aromatic carbocycles. The summed E-state index contributed by atoms with van der Waals surface area (Å²) in [7, 11) is 0. The lowest BCUT2D eigenvalue weighted by molar-refractivity contribution is 0.538. The molecule has 2 aromatic rings. The fourth-order valence-corrected chi connectivity index (χ4v) is 2.47. The second-order valence-electron chi connectivity index (χ2n) is 5.16. The average Bonchev–Trinajstić information content (AvgIpc) is 2.30. The summed E-state index contributed by atoms with van der Waals surface area (Å²) in [5, 5.41) is 1.18. The number of nitrogens with zero attached hydrogens (tertiary/aromatic N) is 2. The second-order valence-corrected chi connectivity index (χ2v) is 6.64. The summed E-state index contributed by atoms with van der Waals surface area (Å²) in [5.74, 6) is 0.449. The van der Waals surface area contributed by atoms with Gasteiger partial charge in [0.2, 0.25) is 0 Å². The molecule has 0 radical (unpaired) electrons. The fourth-order valence-electron chi connectivity index (χ4n) is 1.41. The molecule has 0 saturated heterocycles. The zero-order valence-electron chi connectivity index (χ0n) is 10.9. The molecule has 0 bridgehead atoms. The molecule has 2 nitrogen and oxygen atoms in total. The van der Waals surface area contributed by atoms with Crippen LogP contribution >= 0.6 is 23.4 Å². The third-order valence-electron chi connectivity index (χ3n) is 2.38. The molecule has 0 amide bonds. The van der Waals surface area contributed by atoms with E-state index in [0.717, 1.165) is 9.92 Å². The molecule has 0 aliphatic rings. The molecule has 1 aromatic heterocycles. The highest BCUT2D eigenvalue weighted by atomic mass is 35.5. The minimum atomic E-state index is -0.250. The Balaban J connectivity index is 2.30. The van der Waals surface area contributed by atoms with Crippen LogP contribution in [0.4, 0.5) is 4.39 Å². The number of benzene rings is 1. The lowest BCUT2D eigenvalue weighted by Gasteiger charge is -2.17. The number of hydrogen-bond acceptors (Lipinski definition) is 3. The summed E-state index contributed by atoms with van der Waals surface area (Å²) in [6.07, 6.45) is 0. The van der Waals surface area contributed by atoms with E-state index in [1.807, 2.05) is 20.8 Å². The second kappa shape index (κ2) is 5.47. The Bertz CT molecular complexity index is 579. The number of hydrogen-bond donors (Lipinski definition) is 0. The smallest absolute Gasteiger partial charge is 0.136 e. The Hall–Kier alpha value is -1.13. The predicted molar refractivity (Wildman–Crippen MR) is 76.3 cm³/mol. The van der Waals surface area contributed by atoms with Crippen LogP contribution in [0, 0.1) is 5.82 Å².